The number of nitrogens with zero attached hydrogens (tertiary/aromatic N) is 4. The minimum Gasteiger partial charge on any atom is -0.319 e. The van der Waals surface area contributed by atoms with E-state index in [-0.39, 0.29) is 0 Å². The first-order valence-electron chi connectivity index (χ1n) is 11.3. The lowest BCUT2D eigenvalue weighted by Gasteiger charge is -2.11. The van der Waals surface area contributed by atoms with Gasteiger partial charge in [-0.1, -0.05) is 76.6 Å². The highest BCUT2D eigenvalue weighted by atomic mass is 127. The quantitative estimate of drug-likeness (QED) is 0.181. The summed E-state index contributed by atoms with van der Waals surface area (Å²) in [7, 11) is 0. The summed E-state index contributed by atoms with van der Waals surface area (Å²) >= 11 is 5.97. The van der Waals surface area contributed by atoms with Gasteiger partial charge in [0.15, 0.2) is 0 Å². The van der Waals surface area contributed by atoms with E-state index in [4.69, 9.17) is 10.1 Å². The molecule has 0 aliphatic carbocycles. The lowest BCUT2D eigenvalue weighted by Crippen LogP contribution is -2.04. The molecule has 2 heterocycles. The molecule has 2 aromatic heterocycles. The van der Waals surface area contributed by atoms with Gasteiger partial charge in [0.1, 0.15) is 11.5 Å². The van der Waals surface area contributed by atoms with Crippen LogP contribution in [0.4, 0.5) is 0 Å². The fraction of sp³-hybridized carbons (Fsp3) is 0.0345. The van der Waals surface area contributed by atoms with Crippen LogP contribution in [0.25, 0.3) is 39.4 Å². The molecule has 0 saturated carbocycles. The Balaban J connectivity index is 1.60. The summed E-state index contributed by atoms with van der Waals surface area (Å²) in [5.74, 6) is 0.908. The van der Waals surface area contributed by atoms with Crippen molar-refractivity contribution in [1.82, 2.24) is 19.3 Å². The average Bonchev–Trinajstić information content (AvgIpc) is 3.49. The van der Waals surface area contributed by atoms with Crippen molar-refractivity contribution in [1.29, 1.82) is 0 Å². The van der Waals surface area contributed by atoms with Crippen molar-refractivity contribution in [3.8, 4) is 28.3 Å². The van der Waals surface area contributed by atoms with Crippen LogP contribution in [0.5, 0.6) is 0 Å². The summed E-state index contributed by atoms with van der Waals surface area (Å²) in [4.78, 5) is 5.12. The fourth-order valence-corrected chi connectivity index (χ4v) is 5.13. The van der Waals surface area contributed by atoms with Gasteiger partial charge in [-0.05, 0) is 70.6 Å². The van der Waals surface area contributed by atoms with E-state index in [0.717, 1.165) is 50.4 Å². The van der Waals surface area contributed by atoms with Crippen LogP contribution in [0.2, 0.25) is 0 Å². The van der Waals surface area contributed by atoms with Crippen molar-refractivity contribution in [3.05, 3.63) is 123 Å². The normalized spacial score (nSPS) is 11.3. The molecule has 4 aromatic carbocycles. The van der Waals surface area contributed by atoms with E-state index in [1.807, 2.05) is 28.9 Å². The number of fused-ring (bicyclic) bond motifs is 1. The van der Waals surface area contributed by atoms with Gasteiger partial charge >= 0.3 is 0 Å². The molecule has 0 amide bonds. The van der Waals surface area contributed by atoms with Crippen LogP contribution < -0.4 is 0 Å². The molecule has 6 heteroatoms. The molecule has 6 rings (SSSR count). The predicted molar refractivity (Wildman–Crippen MR) is 154 cm³/mol. The zero-order valence-corrected chi connectivity index (χ0v) is 22.4. The monoisotopic (exact) mass is 630 g/mol. The van der Waals surface area contributed by atoms with Gasteiger partial charge in [-0.2, -0.15) is 5.10 Å². The smallest absolute Gasteiger partial charge is 0.145 e. The Kier molecular flexibility index (Phi) is 6.00. The Bertz CT molecular complexity index is 1640. The molecular weight excluding hydrogens is 611 g/mol. The van der Waals surface area contributed by atoms with Crippen LogP contribution in [0.1, 0.15) is 5.56 Å². The first-order valence-corrected chi connectivity index (χ1v) is 13.1. The molecule has 0 unspecified atom stereocenters. The number of hydrogen-bond donors (Lipinski definition) is 0. The summed E-state index contributed by atoms with van der Waals surface area (Å²) in [6.45, 7) is 0.727. The number of hydrogen-bond acceptors (Lipinski definition) is 2. The molecule has 0 saturated heterocycles. The SMILES string of the molecule is Brc1ccc(-c2nn(-c3ccccc3)cc2-c2nc3ccccc3n2Cc2ccccc2I)cc1. The number of halogens is 2. The molecule has 4 nitrogen and oxygen atoms in total. The molecule has 0 aliphatic heterocycles. The first kappa shape index (κ1) is 22.2. The summed E-state index contributed by atoms with van der Waals surface area (Å²) in [5, 5.41) is 5.04. The third-order valence-electron chi connectivity index (χ3n) is 6.03. The number of para-hydroxylation sites is 3. The van der Waals surface area contributed by atoms with Crippen molar-refractivity contribution in [3.63, 3.8) is 0 Å². The Morgan fingerprint density at radius 1 is 0.771 bits per heavy atom. The van der Waals surface area contributed by atoms with Gasteiger partial charge in [-0.3, -0.25) is 0 Å². The molecule has 35 heavy (non-hydrogen) atoms. The number of rotatable bonds is 5. The van der Waals surface area contributed by atoms with Gasteiger partial charge in [0.2, 0.25) is 0 Å². The maximum atomic E-state index is 5.12. The zero-order chi connectivity index (χ0) is 23.8. The van der Waals surface area contributed by atoms with Crippen LogP contribution in [0.3, 0.4) is 0 Å². The summed E-state index contributed by atoms with van der Waals surface area (Å²) in [6, 6.07) is 35.3. The molecular formula is C29H20BrIN4. The first-order chi connectivity index (χ1) is 17.2. The molecule has 170 valence electrons. The van der Waals surface area contributed by atoms with Crippen molar-refractivity contribution >= 4 is 49.6 Å². The van der Waals surface area contributed by atoms with E-state index in [0.29, 0.717) is 0 Å². The highest BCUT2D eigenvalue weighted by Gasteiger charge is 2.21. The third-order valence-corrected chi connectivity index (χ3v) is 7.62. The second-order valence-corrected chi connectivity index (χ2v) is 10.4. The summed E-state index contributed by atoms with van der Waals surface area (Å²) in [5.41, 5.74) is 7.30. The van der Waals surface area contributed by atoms with Crippen LogP contribution in [0.15, 0.2) is 114 Å². The summed E-state index contributed by atoms with van der Waals surface area (Å²) < 4.78 is 6.53. The standard InChI is InChI=1S/C29H20BrIN4/c30-22-16-14-20(15-17-22)28-24(19-35(33-28)23-9-2-1-3-10-23)29-32-26-12-6-7-13-27(26)34(29)18-21-8-4-5-11-25(21)31/h1-17,19H,18H2. The Labute approximate surface area is 225 Å². The number of benzene rings is 4. The highest BCUT2D eigenvalue weighted by Crippen LogP contribution is 2.35. The lowest BCUT2D eigenvalue weighted by molar-refractivity contribution is 0.830. The summed E-state index contributed by atoms with van der Waals surface area (Å²) in [6.07, 6.45) is 2.10. The molecule has 0 aliphatic rings. The molecule has 0 N–H and O–H groups in total. The van der Waals surface area contributed by atoms with Gasteiger partial charge in [-0.25, -0.2) is 9.67 Å². The van der Waals surface area contributed by atoms with Crippen LogP contribution in [0, 0.1) is 3.57 Å². The van der Waals surface area contributed by atoms with Gasteiger partial charge in [0, 0.05) is 19.8 Å². The molecule has 0 atom stereocenters. The molecule has 0 spiro atoms. The van der Waals surface area contributed by atoms with Crippen LogP contribution in [-0.2, 0) is 6.54 Å². The molecule has 0 bridgehead atoms. The van der Waals surface area contributed by atoms with Gasteiger partial charge in [0.25, 0.3) is 0 Å². The Morgan fingerprint density at radius 2 is 1.49 bits per heavy atom. The average molecular weight is 631 g/mol. The van der Waals surface area contributed by atoms with Gasteiger partial charge in [-0.15, -0.1) is 0 Å². The highest BCUT2D eigenvalue weighted by molar-refractivity contribution is 14.1. The van der Waals surface area contributed by atoms with Crippen molar-refractivity contribution in [2.45, 2.75) is 6.54 Å². The van der Waals surface area contributed by atoms with E-state index in [1.165, 1.54) is 9.13 Å². The predicted octanol–water partition coefficient (Wildman–Crippen LogP) is 7.97. The maximum Gasteiger partial charge on any atom is 0.145 e. The second-order valence-electron chi connectivity index (χ2n) is 8.28. The lowest BCUT2D eigenvalue weighted by atomic mass is 10.1. The molecule has 6 aromatic rings. The topological polar surface area (TPSA) is 35.6 Å². The van der Waals surface area contributed by atoms with Crippen molar-refractivity contribution < 1.29 is 0 Å². The molecule has 0 fully saturated rings. The van der Waals surface area contributed by atoms with Crippen molar-refractivity contribution in [2.24, 2.45) is 0 Å². The van der Waals surface area contributed by atoms with E-state index in [1.54, 1.807) is 0 Å². The van der Waals surface area contributed by atoms with Crippen molar-refractivity contribution in [2.75, 3.05) is 0 Å². The van der Waals surface area contributed by atoms with Crippen LogP contribution >= 0.6 is 38.5 Å². The minimum absolute atomic E-state index is 0.727. The largest absolute Gasteiger partial charge is 0.319 e. The maximum absolute atomic E-state index is 5.12. The minimum atomic E-state index is 0.727. The van der Waals surface area contributed by atoms with Crippen LogP contribution in [-0.4, -0.2) is 19.3 Å². The van der Waals surface area contributed by atoms with E-state index < -0.39 is 0 Å². The van der Waals surface area contributed by atoms with E-state index in [2.05, 4.69) is 128 Å². The molecule has 0 radical (unpaired) electrons. The second kappa shape index (κ2) is 9.43. The van der Waals surface area contributed by atoms with E-state index in [9.17, 15) is 0 Å². The Morgan fingerprint density at radius 3 is 2.29 bits per heavy atom. The van der Waals surface area contributed by atoms with Gasteiger partial charge < -0.3 is 4.57 Å². The van der Waals surface area contributed by atoms with E-state index >= 15 is 0 Å². The number of imidazole rings is 1. The van der Waals surface area contributed by atoms with Gasteiger partial charge in [0.05, 0.1) is 28.8 Å². The zero-order valence-electron chi connectivity index (χ0n) is 18.6. The third kappa shape index (κ3) is 4.32. The number of aromatic nitrogens is 4. The fourth-order valence-electron chi connectivity index (χ4n) is 4.31. The Hall–Kier alpha value is -3.23.